The molecule has 0 fully saturated rings. The average Bonchev–Trinajstić information content (AvgIpc) is 3.42. The van der Waals surface area contributed by atoms with Crippen LogP contribution in [0.25, 0.3) is 0 Å². The maximum atomic E-state index is 13.0. The van der Waals surface area contributed by atoms with Gasteiger partial charge in [0.05, 0.1) is 39.9 Å². The third kappa shape index (κ3) is 63.5. The number of hydrogen-bond acceptors (Lipinski definition) is 6. The smallest absolute Gasteiger partial charge is 0.268 e. The largest absolute Gasteiger partial charge is 0.756 e. The van der Waals surface area contributed by atoms with Crippen LogP contribution in [0.4, 0.5) is 0 Å². The molecule has 0 rings (SSSR count). The molecule has 0 spiro atoms. The summed E-state index contributed by atoms with van der Waals surface area (Å²) in [6.07, 6.45) is 85.9. The fourth-order valence-electron chi connectivity index (χ4n) is 10.0. The van der Waals surface area contributed by atoms with Gasteiger partial charge in [0.1, 0.15) is 13.2 Å². The van der Waals surface area contributed by atoms with Crippen molar-refractivity contribution in [2.45, 2.75) is 334 Å². The zero-order valence-corrected chi connectivity index (χ0v) is 54.4. The quantitative estimate of drug-likeness (QED) is 0.0272. The number of allylic oxidation sites excluding steroid dienone is 11. The van der Waals surface area contributed by atoms with Crippen LogP contribution in [0.3, 0.4) is 0 Å². The number of aliphatic hydroxyl groups is 1. The lowest BCUT2D eigenvalue weighted by molar-refractivity contribution is -0.870. The van der Waals surface area contributed by atoms with Crippen molar-refractivity contribution < 1.29 is 32.9 Å². The lowest BCUT2D eigenvalue weighted by Crippen LogP contribution is -2.45. The number of hydrogen-bond donors (Lipinski definition) is 2. The summed E-state index contributed by atoms with van der Waals surface area (Å²) in [6, 6.07) is -0.916. The van der Waals surface area contributed by atoms with Crippen molar-refractivity contribution in [1.82, 2.24) is 5.32 Å². The Bertz CT molecular complexity index is 1530. The third-order valence-corrected chi connectivity index (χ3v) is 16.3. The topological polar surface area (TPSA) is 108 Å². The standard InChI is InChI=1S/C71H133N2O6P/c1-6-8-10-12-14-16-18-20-22-24-26-28-30-32-34-35-36-37-39-40-42-44-46-48-50-52-54-56-58-60-62-64-70(74)69(68-79-80(76,77)78-67-66-73(3,4)5)72-71(75)65-63-61-59-57-55-53-51-49-47-45-43-41-38-33-31-29-27-25-23-21-19-17-15-13-11-9-7-2/h19,21,25,27,31,33,46,48,54,56,62,64,69-70,74H,6-18,20,22-24,26,28-30,32,34-45,47,49-53,55,57-61,63,65-68H2,1-5H3,(H-,72,75,76,77)/b21-19-,27-25-,33-31-,48-46+,56-54+,64-62+. The van der Waals surface area contributed by atoms with E-state index in [0.717, 1.165) is 57.8 Å². The van der Waals surface area contributed by atoms with Gasteiger partial charge in [0.25, 0.3) is 7.82 Å². The first-order valence-corrected chi connectivity index (χ1v) is 35.8. The Morgan fingerprint density at radius 2 is 0.738 bits per heavy atom. The molecule has 0 aliphatic carbocycles. The summed E-state index contributed by atoms with van der Waals surface area (Å²) >= 11 is 0. The van der Waals surface area contributed by atoms with Gasteiger partial charge in [0, 0.05) is 6.42 Å². The summed E-state index contributed by atoms with van der Waals surface area (Å²) in [5.74, 6) is -0.212. The molecule has 9 heteroatoms. The second-order valence-corrected chi connectivity index (χ2v) is 25.9. The van der Waals surface area contributed by atoms with Gasteiger partial charge < -0.3 is 28.8 Å². The molecule has 468 valence electrons. The summed E-state index contributed by atoms with van der Waals surface area (Å²) in [7, 11) is 1.24. The van der Waals surface area contributed by atoms with Crippen LogP contribution in [-0.2, 0) is 18.4 Å². The van der Waals surface area contributed by atoms with E-state index >= 15 is 0 Å². The minimum atomic E-state index is -4.62. The zero-order valence-electron chi connectivity index (χ0n) is 53.5. The highest BCUT2D eigenvalue weighted by atomic mass is 31.2. The van der Waals surface area contributed by atoms with Crippen LogP contribution >= 0.6 is 7.82 Å². The van der Waals surface area contributed by atoms with Crippen LogP contribution in [0.1, 0.15) is 322 Å². The van der Waals surface area contributed by atoms with E-state index in [1.807, 2.05) is 27.2 Å². The minimum absolute atomic E-state index is 0.0115. The van der Waals surface area contributed by atoms with Gasteiger partial charge in [0.15, 0.2) is 0 Å². The van der Waals surface area contributed by atoms with Crippen molar-refractivity contribution in [2.24, 2.45) is 0 Å². The summed E-state index contributed by atoms with van der Waals surface area (Å²) in [5, 5.41) is 13.9. The van der Waals surface area contributed by atoms with Gasteiger partial charge in [0.2, 0.25) is 5.91 Å². The predicted octanol–water partition coefficient (Wildman–Crippen LogP) is 21.1. The van der Waals surface area contributed by atoms with E-state index in [1.165, 1.54) is 244 Å². The number of amides is 1. The molecule has 0 heterocycles. The van der Waals surface area contributed by atoms with Crippen LogP contribution in [0.2, 0.25) is 0 Å². The summed E-state index contributed by atoms with van der Waals surface area (Å²) in [6.45, 7) is 4.64. The molecule has 0 aromatic heterocycles. The number of nitrogens with one attached hydrogen (secondary N) is 1. The number of nitrogens with zero attached hydrogens (tertiary/aromatic N) is 1. The Hall–Kier alpha value is -2.06. The molecule has 1 amide bonds. The molecule has 80 heavy (non-hydrogen) atoms. The lowest BCUT2D eigenvalue weighted by atomic mass is 10.0. The molecule has 3 atom stereocenters. The highest BCUT2D eigenvalue weighted by molar-refractivity contribution is 7.45. The maximum Gasteiger partial charge on any atom is 0.268 e. The SMILES string of the molecule is CCCCCCC/C=C\C/C=C\C/C=C\CCCCCCCCCCCCCCC(=O)NC(COP(=O)([O-])OCC[N+](C)(C)C)C(O)/C=C/CC/C=C/CC/C=C/CCCCCCCCCCCCCCCCCCCCCCC. The molecular weight excluding hydrogens is 1010 g/mol. The van der Waals surface area contributed by atoms with E-state index in [-0.39, 0.29) is 12.5 Å². The molecule has 0 aliphatic heterocycles. The van der Waals surface area contributed by atoms with Gasteiger partial charge in [-0.25, -0.2) is 0 Å². The number of unbranched alkanes of at least 4 members (excludes halogenated alkanes) is 40. The molecule has 0 aromatic rings. The molecule has 2 N–H and O–H groups in total. The van der Waals surface area contributed by atoms with Gasteiger partial charge in [-0.3, -0.25) is 9.36 Å². The van der Waals surface area contributed by atoms with E-state index < -0.39 is 26.6 Å². The van der Waals surface area contributed by atoms with Crippen molar-refractivity contribution in [2.75, 3.05) is 40.9 Å². The monoisotopic (exact) mass is 1140 g/mol. The molecule has 8 nitrogen and oxygen atoms in total. The Morgan fingerprint density at radius 3 is 1.10 bits per heavy atom. The molecule has 0 bridgehead atoms. The maximum absolute atomic E-state index is 13.0. The van der Waals surface area contributed by atoms with Crippen LogP contribution in [0.15, 0.2) is 72.9 Å². The van der Waals surface area contributed by atoms with Crippen molar-refractivity contribution >= 4 is 13.7 Å². The first-order chi connectivity index (χ1) is 39.0. The second kappa shape index (κ2) is 61.5. The molecule has 3 unspecified atom stereocenters. The number of carbonyl (C=O) groups is 1. The Balaban J connectivity index is 4.17. The number of quaternary nitrogens is 1. The number of carbonyl (C=O) groups excluding carboxylic acids is 1. The fourth-order valence-corrected chi connectivity index (χ4v) is 10.7. The summed E-state index contributed by atoms with van der Waals surface area (Å²) in [4.78, 5) is 25.6. The van der Waals surface area contributed by atoms with Crippen LogP contribution in [-0.4, -0.2) is 68.5 Å². The highest BCUT2D eigenvalue weighted by Crippen LogP contribution is 2.38. The van der Waals surface area contributed by atoms with Crippen molar-refractivity contribution in [3.8, 4) is 0 Å². The van der Waals surface area contributed by atoms with Crippen LogP contribution in [0.5, 0.6) is 0 Å². The normalized spacial score (nSPS) is 14.1. The van der Waals surface area contributed by atoms with Gasteiger partial charge >= 0.3 is 0 Å². The van der Waals surface area contributed by atoms with Gasteiger partial charge in [-0.05, 0) is 83.5 Å². The van der Waals surface area contributed by atoms with Crippen molar-refractivity contribution in [1.29, 1.82) is 0 Å². The highest BCUT2D eigenvalue weighted by Gasteiger charge is 2.23. The summed E-state index contributed by atoms with van der Waals surface area (Å²) < 4.78 is 23.4. The molecular formula is C71H133N2O6P. The average molecular weight is 1140 g/mol. The second-order valence-electron chi connectivity index (χ2n) is 24.5. The first kappa shape index (κ1) is 77.9. The van der Waals surface area contributed by atoms with Gasteiger partial charge in [-0.15, -0.1) is 0 Å². The number of phosphoric ester groups is 1. The number of likely N-dealkylation sites (N-methyl/N-ethyl adjacent to an activating group) is 1. The van der Waals surface area contributed by atoms with Gasteiger partial charge in [-0.2, -0.15) is 0 Å². The van der Waals surface area contributed by atoms with E-state index in [0.29, 0.717) is 17.4 Å². The number of aliphatic hydroxyl groups excluding tert-OH is 1. The fraction of sp³-hybridized carbons (Fsp3) is 0.817. The molecule has 0 radical (unpaired) electrons. The molecule has 0 aliphatic rings. The molecule has 0 saturated carbocycles. The first-order valence-electron chi connectivity index (χ1n) is 34.3. The van der Waals surface area contributed by atoms with Crippen molar-refractivity contribution in [3.63, 3.8) is 0 Å². The van der Waals surface area contributed by atoms with E-state index in [1.54, 1.807) is 6.08 Å². The predicted molar refractivity (Wildman–Crippen MR) is 348 cm³/mol. The van der Waals surface area contributed by atoms with Crippen LogP contribution < -0.4 is 10.2 Å². The van der Waals surface area contributed by atoms with E-state index in [9.17, 15) is 19.4 Å². The zero-order chi connectivity index (χ0) is 58.4. The summed E-state index contributed by atoms with van der Waals surface area (Å²) in [5.41, 5.74) is 0. The van der Waals surface area contributed by atoms with E-state index in [4.69, 9.17) is 9.05 Å². The lowest BCUT2D eigenvalue weighted by Gasteiger charge is -2.29. The minimum Gasteiger partial charge on any atom is -0.756 e. The van der Waals surface area contributed by atoms with Crippen LogP contribution in [0, 0.1) is 0 Å². The Labute approximate surface area is 497 Å². The number of rotatable bonds is 63. The van der Waals surface area contributed by atoms with E-state index in [2.05, 4.69) is 79.9 Å². The molecule has 0 aromatic carbocycles. The number of phosphoric acid groups is 1. The Kier molecular flexibility index (Phi) is 59.9. The van der Waals surface area contributed by atoms with Crippen molar-refractivity contribution in [3.05, 3.63) is 72.9 Å². The Morgan fingerprint density at radius 1 is 0.438 bits per heavy atom. The third-order valence-electron chi connectivity index (χ3n) is 15.4. The van der Waals surface area contributed by atoms with Gasteiger partial charge in [-0.1, -0.05) is 305 Å². The molecule has 0 saturated heterocycles.